The average molecular weight is 274 g/mol. The molecule has 1 saturated carbocycles. The molecule has 1 aliphatic carbocycles. The van der Waals surface area contributed by atoms with Gasteiger partial charge in [0.15, 0.2) is 0 Å². The Kier molecular flexibility index (Phi) is 4.18. The van der Waals surface area contributed by atoms with Crippen LogP contribution in [0.1, 0.15) is 44.6 Å². The van der Waals surface area contributed by atoms with Crippen LogP contribution in [0.5, 0.6) is 0 Å². The van der Waals surface area contributed by atoms with Gasteiger partial charge in [0.2, 0.25) is 0 Å². The highest BCUT2D eigenvalue weighted by molar-refractivity contribution is 5.55. The summed E-state index contributed by atoms with van der Waals surface area (Å²) in [5.41, 5.74) is 0.281. The van der Waals surface area contributed by atoms with Gasteiger partial charge in [-0.3, -0.25) is 10.1 Å². The summed E-state index contributed by atoms with van der Waals surface area (Å²) in [6.45, 7) is 2.98. The van der Waals surface area contributed by atoms with Gasteiger partial charge in [-0.25, -0.2) is 4.98 Å². The summed E-state index contributed by atoms with van der Waals surface area (Å²) in [6.07, 6.45) is 7.26. The van der Waals surface area contributed by atoms with Crippen LogP contribution in [0.4, 0.5) is 11.5 Å². The van der Waals surface area contributed by atoms with Crippen LogP contribution in [0.3, 0.4) is 0 Å². The summed E-state index contributed by atoms with van der Waals surface area (Å²) in [5.74, 6) is 0.435. The van der Waals surface area contributed by atoms with Crippen LogP contribution in [-0.4, -0.2) is 16.5 Å². The molecule has 0 amide bonds. The minimum atomic E-state index is -0.542. The molecule has 1 aliphatic rings. The second kappa shape index (κ2) is 5.87. The number of hydrogen-bond acceptors (Lipinski definition) is 5. The lowest BCUT2D eigenvalue weighted by Gasteiger charge is -2.33. The summed E-state index contributed by atoms with van der Waals surface area (Å²) < 4.78 is 0. The Morgan fingerprint density at radius 2 is 2.20 bits per heavy atom. The number of anilines is 1. The smallest absolute Gasteiger partial charge is 0.289 e. The quantitative estimate of drug-likeness (QED) is 0.672. The van der Waals surface area contributed by atoms with E-state index < -0.39 is 4.92 Å². The topological polar surface area (TPSA) is 91.8 Å². The lowest BCUT2D eigenvalue weighted by molar-refractivity contribution is -0.385. The van der Waals surface area contributed by atoms with Crippen LogP contribution in [0.2, 0.25) is 0 Å². The Hall–Kier alpha value is -2.16. The van der Waals surface area contributed by atoms with Crippen molar-refractivity contribution in [2.75, 3.05) is 11.9 Å². The Balaban J connectivity index is 2.09. The average Bonchev–Trinajstić information content (AvgIpc) is 2.45. The first-order chi connectivity index (χ1) is 9.54. The molecule has 6 heteroatoms. The van der Waals surface area contributed by atoms with E-state index >= 15 is 0 Å². The Bertz CT molecular complexity index is 545. The van der Waals surface area contributed by atoms with Crippen molar-refractivity contribution in [3.05, 3.63) is 27.9 Å². The van der Waals surface area contributed by atoms with Crippen LogP contribution < -0.4 is 5.32 Å². The van der Waals surface area contributed by atoms with Crippen molar-refractivity contribution in [3.8, 4) is 6.07 Å². The molecule has 0 unspecified atom stereocenters. The summed E-state index contributed by atoms with van der Waals surface area (Å²) in [5, 5.41) is 22.9. The number of nitriles is 1. The normalized spacial score (nSPS) is 17.2. The van der Waals surface area contributed by atoms with Crippen molar-refractivity contribution in [1.82, 2.24) is 4.98 Å². The zero-order chi connectivity index (χ0) is 14.6. The number of aromatic nitrogens is 1. The first-order valence-electron chi connectivity index (χ1n) is 6.82. The van der Waals surface area contributed by atoms with Gasteiger partial charge in [0.25, 0.3) is 5.69 Å². The summed E-state index contributed by atoms with van der Waals surface area (Å²) in [6, 6.07) is 3.22. The predicted molar refractivity (Wildman–Crippen MR) is 75.3 cm³/mol. The molecular formula is C14H18N4O2. The number of nitrogens with one attached hydrogen (secondary N) is 1. The summed E-state index contributed by atoms with van der Waals surface area (Å²) in [4.78, 5) is 14.1. The summed E-state index contributed by atoms with van der Waals surface area (Å²) >= 11 is 0. The van der Waals surface area contributed by atoms with Gasteiger partial charge < -0.3 is 5.32 Å². The molecule has 1 N–H and O–H groups in total. The van der Waals surface area contributed by atoms with E-state index in [-0.39, 0.29) is 16.7 Å². The van der Waals surface area contributed by atoms with Crippen LogP contribution in [0.25, 0.3) is 0 Å². The maximum atomic E-state index is 10.7. The van der Waals surface area contributed by atoms with E-state index in [1.54, 1.807) is 0 Å². The number of rotatable bonds is 4. The molecule has 106 valence electrons. The third kappa shape index (κ3) is 3.23. The van der Waals surface area contributed by atoms with E-state index in [1.165, 1.54) is 31.5 Å². The minimum absolute atomic E-state index is 0.157. The monoisotopic (exact) mass is 274 g/mol. The fraction of sp³-hybridized carbons (Fsp3) is 0.571. The predicted octanol–water partition coefficient (Wildman–Crippen LogP) is 3.24. The molecule has 1 aromatic heterocycles. The fourth-order valence-corrected chi connectivity index (χ4v) is 2.66. The second-order valence-corrected chi connectivity index (χ2v) is 5.68. The SMILES string of the molecule is CC1(CNc2ncc([N+](=O)[O-])cc2C#N)CCCCC1. The van der Waals surface area contributed by atoms with Crippen molar-refractivity contribution < 1.29 is 4.92 Å². The van der Waals surface area contributed by atoms with Crippen molar-refractivity contribution in [1.29, 1.82) is 5.26 Å². The van der Waals surface area contributed by atoms with Gasteiger partial charge in [0.1, 0.15) is 23.6 Å². The van der Waals surface area contributed by atoms with Crippen LogP contribution in [0, 0.1) is 26.9 Å². The van der Waals surface area contributed by atoms with Crippen LogP contribution >= 0.6 is 0 Å². The van der Waals surface area contributed by atoms with Crippen molar-refractivity contribution in [3.63, 3.8) is 0 Å². The number of nitro groups is 1. The van der Waals surface area contributed by atoms with E-state index in [9.17, 15) is 10.1 Å². The molecule has 2 rings (SSSR count). The van der Waals surface area contributed by atoms with Crippen LogP contribution in [0.15, 0.2) is 12.3 Å². The number of pyridine rings is 1. The van der Waals surface area contributed by atoms with Crippen molar-refractivity contribution in [2.45, 2.75) is 39.0 Å². The van der Waals surface area contributed by atoms with E-state index in [1.807, 2.05) is 6.07 Å². The molecule has 0 aliphatic heterocycles. The Morgan fingerprint density at radius 1 is 1.50 bits per heavy atom. The molecule has 6 nitrogen and oxygen atoms in total. The molecular weight excluding hydrogens is 256 g/mol. The first-order valence-corrected chi connectivity index (χ1v) is 6.82. The molecule has 0 radical (unpaired) electrons. The van der Waals surface area contributed by atoms with Gasteiger partial charge in [0.05, 0.1) is 4.92 Å². The van der Waals surface area contributed by atoms with Gasteiger partial charge in [0, 0.05) is 12.6 Å². The van der Waals surface area contributed by atoms with Gasteiger partial charge in [-0.1, -0.05) is 26.2 Å². The van der Waals surface area contributed by atoms with E-state index in [0.717, 1.165) is 19.4 Å². The van der Waals surface area contributed by atoms with Gasteiger partial charge in [-0.2, -0.15) is 5.26 Å². The molecule has 0 atom stereocenters. The highest BCUT2D eigenvalue weighted by Crippen LogP contribution is 2.35. The molecule has 1 fully saturated rings. The maximum Gasteiger partial charge on any atom is 0.289 e. The third-order valence-electron chi connectivity index (χ3n) is 3.95. The summed E-state index contributed by atoms with van der Waals surface area (Å²) in [7, 11) is 0. The second-order valence-electron chi connectivity index (χ2n) is 5.68. The number of hydrogen-bond donors (Lipinski definition) is 1. The molecule has 0 aromatic carbocycles. The molecule has 0 bridgehead atoms. The zero-order valence-corrected chi connectivity index (χ0v) is 11.6. The fourth-order valence-electron chi connectivity index (χ4n) is 2.66. The lowest BCUT2D eigenvalue weighted by Crippen LogP contribution is -2.29. The highest BCUT2D eigenvalue weighted by Gasteiger charge is 2.27. The minimum Gasteiger partial charge on any atom is -0.368 e. The molecule has 0 spiro atoms. The van der Waals surface area contributed by atoms with Crippen molar-refractivity contribution in [2.24, 2.45) is 5.41 Å². The number of nitrogens with zero attached hydrogens (tertiary/aromatic N) is 3. The Morgan fingerprint density at radius 3 is 2.80 bits per heavy atom. The zero-order valence-electron chi connectivity index (χ0n) is 11.6. The molecule has 1 aromatic rings. The maximum absolute atomic E-state index is 10.7. The van der Waals surface area contributed by atoms with Gasteiger partial charge in [-0.15, -0.1) is 0 Å². The standard InChI is InChI=1S/C14H18N4O2/c1-14(5-3-2-4-6-14)10-17-13-11(8-15)7-12(9-16-13)18(19)20/h7,9H,2-6,10H2,1H3,(H,16,17). The van der Waals surface area contributed by atoms with Crippen molar-refractivity contribution >= 4 is 11.5 Å². The highest BCUT2D eigenvalue weighted by atomic mass is 16.6. The molecule has 0 saturated heterocycles. The lowest BCUT2D eigenvalue weighted by atomic mass is 9.76. The first kappa shape index (κ1) is 14.3. The largest absolute Gasteiger partial charge is 0.368 e. The third-order valence-corrected chi connectivity index (χ3v) is 3.95. The van der Waals surface area contributed by atoms with E-state index in [4.69, 9.17) is 5.26 Å². The Labute approximate surface area is 118 Å². The van der Waals surface area contributed by atoms with Gasteiger partial charge in [-0.05, 0) is 18.3 Å². The van der Waals surface area contributed by atoms with Gasteiger partial charge >= 0.3 is 0 Å². The van der Waals surface area contributed by atoms with Crippen LogP contribution in [-0.2, 0) is 0 Å². The molecule has 1 heterocycles. The van der Waals surface area contributed by atoms with E-state index in [0.29, 0.717) is 5.82 Å². The molecule has 20 heavy (non-hydrogen) atoms. The van der Waals surface area contributed by atoms with E-state index in [2.05, 4.69) is 17.2 Å².